The highest BCUT2D eigenvalue weighted by Gasteiger charge is 2.25. The van der Waals surface area contributed by atoms with Crippen LogP contribution < -0.4 is 5.32 Å². The number of hydrogen-bond acceptors (Lipinski definition) is 6. The summed E-state index contributed by atoms with van der Waals surface area (Å²) in [6.07, 6.45) is 5.58. The van der Waals surface area contributed by atoms with Gasteiger partial charge in [-0.2, -0.15) is 11.3 Å². The molecule has 0 aromatic carbocycles. The number of anilines is 1. The summed E-state index contributed by atoms with van der Waals surface area (Å²) in [5.41, 5.74) is 3.86. The molecule has 134 valence electrons. The van der Waals surface area contributed by atoms with Crippen LogP contribution >= 0.6 is 11.3 Å². The molecule has 1 aliphatic carbocycles. The van der Waals surface area contributed by atoms with Crippen LogP contribution in [0.5, 0.6) is 0 Å². The van der Waals surface area contributed by atoms with Crippen molar-refractivity contribution in [2.45, 2.75) is 38.6 Å². The zero-order valence-electron chi connectivity index (χ0n) is 14.6. The van der Waals surface area contributed by atoms with Gasteiger partial charge in [-0.1, -0.05) is 0 Å². The Labute approximate surface area is 153 Å². The fourth-order valence-corrected chi connectivity index (χ4v) is 4.15. The molecule has 2 aliphatic rings. The molecular weight excluding hydrogens is 332 g/mol. The van der Waals surface area contributed by atoms with Crippen molar-refractivity contribution >= 4 is 17.2 Å². The summed E-state index contributed by atoms with van der Waals surface area (Å²) in [6, 6.07) is 2.21. The third-order valence-electron chi connectivity index (χ3n) is 5.04. The molecule has 2 aromatic rings. The van der Waals surface area contributed by atoms with E-state index in [0.717, 1.165) is 56.5 Å². The first-order valence-corrected chi connectivity index (χ1v) is 10.2. The number of rotatable bonds is 7. The normalized spacial score (nSPS) is 18.0. The van der Waals surface area contributed by atoms with E-state index in [1.165, 1.54) is 29.7 Å². The average Bonchev–Trinajstić information content (AvgIpc) is 3.32. The second-order valence-corrected chi connectivity index (χ2v) is 7.90. The summed E-state index contributed by atoms with van der Waals surface area (Å²) < 4.78 is 0. The van der Waals surface area contributed by atoms with Crippen LogP contribution in [0.1, 0.15) is 35.5 Å². The van der Waals surface area contributed by atoms with E-state index >= 15 is 0 Å². The molecule has 0 saturated heterocycles. The summed E-state index contributed by atoms with van der Waals surface area (Å²) >= 11 is 1.76. The molecule has 0 spiro atoms. The quantitative estimate of drug-likeness (QED) is 0.796. The van der Waals surface area contributed by atoms with Crippen molar-refractivity contribution in [2.75, 3.05) is 31.6 Å². The second-order valence-electron chi connectivity index (χ2n) is 7.12. The van der Waals surface area contributed by atoms with Gasteiger partial charge in [0.2, 0.25) is 0 Å². The highest BCUT2D eigenvalue weighted by Crippen LogP contribution is 2.32. The smallest absolute Gasteiger partial charge is 0.133 e. The maximum Gasteiger partial charge on any atom is 0.133 e. The fraction of sp³-hybridized carbons (Fsp3) is 0.579. The first kappa shape index (κ1) is 16.9. The highest BCUT2D eigenvalue weighted by molar-refractivity contribution is 7.07. The Balaban J connectivity index is 1.52. The predicted octanol–water partition coefficient (Wildman–Crippen LogP) is 2.50. The Hall–Kier alpha value is -1.50. The predicted molar refractivity (Wildman–Crippen MR) is 101 cm³/mol. The van der Waals surface area contributed by atoms with Gasteiger partial charge in [-0.3, -0.25) is 4.90 Å². The van der Waals surface area contributed by atoms with E-state index in [0.29, 0.717) is 6.54 Å². The lowest BCUT2D eigenvalue weighted by molar-refractivity contribution is 0.279. The van der Waals surface area contributed by atoms with E-state index in [4.69, 9.17) is 9.97 Å². The van der Waals surface area contributed by atoms with Gasteiger partial charge < -0.3 is 10.4 Å². The molecule has 1 saturated carbocycles. The third-order valence-corrected chi connectivity index (χ3v) is 5.77. The summed E-state index contributed by atoms with van der Waals surface area (Å²) in [6.45, 7) is 3.76. The van der Waals surface area contributed by atoms with Gasteiger partial charge in [0.25, 0.3) is 0 Å². The van der Waals surface area contributed by atoms with Crippen molar-refractivity contribution in [2.24, 2.45) is 5.92 Å². The molecule has 6 heteroatoms. The summed E-state index contributed by atoms with van der Waals surface area (Å²) in [5.74, 6) is 2.71. The molecule has 4 rings (SSSR count). The zero-order chi connectivity index (χ0) is 17.1. The van der Waals surface area contributed by atoms with E-state index in [9.17, 15) is 5.11 Å². The van der Waals surface area contributed by atoms with Crippen LogP contribution in [0.4, 0.5) is 5.82 Å². The third kappa shape index (κ3) is 4.37. The Bertz CT molecular complexity index is 700. The molecular formula is C19H26N4OS. The lowest BCUT2D eigenvalue weighted by Crippen LogP contribution is -2.25. The maximum atomic E-state index is 9.18. The Kier molecular flexibility index (Phi) is 5.29. The number of aliphatic hydroxyl groups is 1. The summed E-state index contributed by atoms with van der Waals surface area (Å²) in [5, 5.41) is 16.9. The van der Waals surface area contributed by atoms with Gasteiger partial charge in [-0.05, 0) is 47.6 Å². The van der Waals surface area contributed by atoms with Crippen LogP contribution in [-0.4, -0.2) is 46.2 Å². The Morgan fingerprint density at radius 1 is 1.24 bits per heavy atom. The molecule has 1 aliphatic heterocycles. The number of aromatic nitrogens is 2. The van der Waals surface area contributed by atoms with Crippen LogP contribution in [-0.2, 0) is 25.8 Å². The van der Waals surface area contributed by atoms with Gasteiger partial charge in [-0.25, -0.2) is 9.97 Å². The molecule has 0 bridgehead atoms. The number of hydrogen-bond donors (Lipinski definition) is 2. The minimum atomic E-state index is 0.126. The van der Waals surface area contributed by atoms with E-state index in [1.54, 1.807) is 11.3 Å². The van der Waals surface area contributed by atoms with Crippen LogP contribution in [0.15, 0.2) is 16.8 Å². The first-order valence-electron chi connectivity index (χ1n) is 9.28. The van der Waals surface area contributed by atoms with Gasteiger partial charge in [0.1, 0.15) is 11.6 Å². The second kappa shape index (κ2) is 7.81. The summed E-state index contributed by atoms with van der Waals surface area (Å²) in [4.78, 5) is 12.2. The van der Waals surface area contributed by atoms with E-state index in [-0.39, 0.29) is 6.61 Å². The first-order chi connectivity index (χ1) is 12.3. The van der Waals surface area contributed by atoms with Crippen molar-refractivity contribution < 1.29 is 5.11 Å². The van der Waals surface area contributed by atoms with Gasteiger partial charge in [0, 0.05) is 44.6 Å². The van der Waals surface area contributed by atoms with Crippen molar-refractivity contribution in [1.82, 2.24) is 14.9 Å². The number of nitrogens with one attached hydrogen (secondary N) is 1. The average molecular weight is 359 g/mol. The van der Waals surface area contributed by atoms with E-state index in [2.05, 4.69) is 27.0 Å². The van der Waals surface area contributed by atoms with Gasteiger partial charge in [0.15, 0.2) is 0 Å². The Morgan fingerprint density at radius 2 is 2.12 bits per heavy atom. The standard InChI is InChI=1S/C19H26N4OS/c24-9-6-20-19-16-3-7-23(12-15-5-10-25-13-15)8-4-17(16)21-18(22-19)11-14-1-2-14/h5,10,13-14,24H,1-4,6-9,11-12H2,(H,20,21,22). The molecule has 1 fully saturated rings. The minimum Gasteiger partial charge on any atom is -0.395 e. The molecule has 2 N–H and O–H groups in total. The van der Waals surface area contributed by atoms with Crippen molar-refractivity contribution in [3.8, 4) is 0 Å². The fourth-order valence-electron chi connectivity index (χ4n) is 3.49. The van der Waals surface area contributed by atoms with Crippen LogP contribution in [0.2, 0.25) is 0 Å². The van der Waals surface area contributed by atoms with Gasteiger partial charge >= 0.3 is 0 Å². The largest absolute Gasteiger partial charge is 0.395 e. The van der Waals surface area contributed by atoms with E-state index < -0.39 is 0 Å². The van der Waals surface area contributed by atoms with Crippen LogP contribution in [0, 0.1) is 5.92 Å². The number of thiophene rings is 1. The summed E-state index contributed by atoms with van der Waals surface area (Å²) in [7, 11) is 0. The molecule has 3 heterocycles. The van der Waals surface area contributed by atoms with Crippen molar-refractivity contribution in [1.29, 1.82) is 0 Å². The van der Waals surface area contributed by atoms with Crippen LogP contribution in [0.25, 0.3) is 0 Å². The lowest BCUT2D eigenvalue weighted by atomic mass is 10.1. The molecule has 5 nitrogen and oxygen atoms in total. The molecule has 0 amide bonds. The molecule has 0 radical (unpaired) electrons. The molecule has 2 aromatic heterocycles. The highest BCUT2D eigenvalue weighted by atomic mass is 32.1. The minimum absolute atomic E-state index is 0.126. The molecule has 0 atom stereocenters. The van der Waals surface area contributed by atoms with Gasteiger partial charge in [0.05, 0.1) is 12.3 Å². The molecule has 0 unspecified atom stereocenters. The number of nitrogens with zero attached hydrogens (tertiary/aromatic N) is 3. The SMILES string of the molecule is OCCNc1nc(CC2CC2)nc2c1CCN(Cc1ccsc1)CC2. The number of fused-ring (bicyclic) bond motifs is 1. The monoisotopic (exact) mass is 358 g/mol. The Morgan fingerprint density at radius 3 is 2.88 bits per heavy atom. The zero-order valence-corrected chi connectivity index (χ0v) is 15.4. The lowest BCUT2D eigenvalue weighted by Gasteiger charge is -2.18. The molecule has 25 heavy (non-hydrogen) atoms. The van der Waals surface area contributed by atoms with Crippen molar-refractivity contribution in [3.05, 3.63) is 39.5 Å². The van der Waals surface area contributed by atoms with Gasteiger partial charge in [-0.15, -0.1) is 0 Å². The van der Waals surface area contributed by atoms with E-state index in [1.807, 2.05) is 0 Å². The van der Waals surface area contributed by atoms with Crippen molar-refractivity contribution in [3.63, 3.8) is 0 Å². The maximum absolute atomic E-state index is 9.18. The number of aliphatic hydroxyl groups excluding tert-OH is 1. The van der Waals surface area contributed by atoms with Crippen LogP contribution in [0.3, 0.4) is 0 Å². The topological polar surface area (TPSA) is 61.3 Å².